The number of hydrogen-bond donors (Lipinski definition) is 0. The first kappa shape index (κ1) is 13.0. The van der Waals surface area contributed by atoms with Crippen LogP contribution in [0.2, 0.25) is 4.34 Å². The summed E-state index contributed by atoms with van der Waals surface area (Å²) in [6.45, 7) is 1.98. The number of thiophene rings is 1. The van der Waals surface area contributed by atoms with Crippen molar-refractivity contribution in [1.82, 2.24) is 4.90 Å². The molecule has 94 valence electrons. The van der Waals surface area contributed by atoms with Gasteiger partial charge < -0.3 is 4.74 Å². The SMILES string of the molecule is COCCN(CC(=O)c1ccc(Cl)s1)C1CC1. The Kier molecular flexibility index (Phi) is 4.56. The van der Waals surface area contributed by atoms with Crippen molar-refractivity contribution in [1.29, 1.82) is 0 Å². The van der Waals surface area contributed by atoms with E-state index in [0.29, 0.717) is 23.5 Å². The van der Waals surface area contributed by atoms with E-state index in [1.807, 2.05) is 0 Å². The summed E-state index contributed by atoms with van der Waals surface area (Å²) in [4.78, 5) is 15.0. The third-order valence-corrected chi connectivity index (χ3v) is 4.11. The molecule has 1 saturated carbocycles. The van der Waals surface area contributed by atoms with Gasteiger partial charge in [-0.1, -0.05) is 11.6 Å². The van der Waals surface area contributed by atoms with E-state index in [1.165, 1.54) is 24.2 Å². The molecule has 0 aliphatic heterocycles. The van der Waals surface area contributed by atoms with E-state index in [0.717, 1.165) is 11.4 Å². The first-order valence-electron chi connectivity index (χ1n) is 5.72. The maximum atomic E-state index is 12.0. The molecule has 1 fully saturated rings. The van der Waals surface area contributed by atoms with Crippen LogP contribution in [0, 0.1) is 0 Å². The Balaban J connectivity index is 1.90. The zero-order valence-electron chi connectivity index (χ0n) is 9.82. The van der Waals surface area contributed by atoms with Crippen molar-refractivity contribution in [2.45, 2.75) is 18.9 Å². The van der Waals surface area contributed by atoms with E-state index in [9.17, 15) is 4.79 Å². The minimum Gasteiger partial charge on any atom is -0.383 e. The molecule has 17 heavy (non-hydrogen) atoms. The van der Waals surface area contributed by atoms with E-state index in [4.69, 9.17) is 16.3 Å². The fourth-order valence-electron chi connectivity index (χ4n) is 1.77. The normalized spacial score (nSPS) is 15.5. The number of carbonyl (C=O) groups is 1. The van der Waals surface area contributed by atoms with Gasteiger partial charge in [-0.05, 0) is 25.0 Å². The molecule has 5 heteroatoms. The van der Waals surface area contributed by atoms with Crippen LogP contribution in [-0.4, -0.2) is 43.5 Å². The monoisotopic (exact) mass is 273 g/mol. The van der Waals surface area contributed by atoms with Crippen LogP contribution >= 0.6 is 22.9 Å². The van der Waals surface area contributed by atoms with Gasteiger partial charge in [0.05, 0.1) is 22.4 Å². The molecule has 0 spiro atoms. The summed E-state index contributed by atoms with van der Waals surface area (Å²) in [6.07, 6.45) is 2.39. The lowest BCUT2D eigenvalue weighted by Crippen LogP contribution is -2.34. The Bertz CT molecular complexity index is 390. The van der Waals surface area contributed by atoms with Gasteiger partial charge in [0.2, 0.25) is 0 Å². The number of carbonyl (C=O) groups excluding carboxylic acids is 1. The fourth-order valence-corrected chi connectivity index (χ4v) is 2.74. The number of Topliss-reactive ketones (excluding diaryl/α,β-unsaturated/α-hetero) is 1. The van der Waals surface area contributed by atoms with Crippen molar-refractivity contribution in [3.63, 3.8) is 0 Å². The lowest BCUT2D eigenvalue weighted by molar-refractivity contribution is 0.0889. The smallest absolute Gasteiger partial charge is 0.186 e. The highest BCUT2D eigenvalue weighted by Gasteiger charge is 2.30. The van der Waals surface area contributed by atoms with Gasteiger partial charge in [-0.15, -0.1) is 11.3 Å². The fraction of sp³-hybridized carbons (Fsp3) is 0.583. The van der Waals surface area contributed by atoms with Gasteiger partial charge >= 0.3 is 0 Å². The molecule has 0 amide bonds. The largest absolute Gasteiger partial charge is 0.383 e. The molecular formula is C12H16ClNO2S. The number of nitrogens with zero attached hydrogens (tertiary/aromatic N) is 1. The zero-order chi connectivity index (χ0) is 12.3. The van der Waals surface area contributed by atoms with E-state index < -0.39 is 0 Å². The lowest BCUT2D eigenvalue weighted by Gasteiger charge is -2.20. The number of hydrogen-bond acceptors (Lipinski definition) is 4. The average Bonchev–Trinajstić information content (AvgIpc) is 3.06. The highest BCUT2D eigenvalue weighted by Crippen LogP contribution is 2.28. The van der Waals surface area contributed by atoms with Crippen LogP contribution in [0.3, 0.4) is 0 Å². The number of ether oxygens (including phenoxy) is 1. The molecule has 0 aromatic carbocycles. The predicted molar refractivity (Wildman–Crippen MR) is 70.1 cm³/mol. The summed E-state index contributed by atoms with van der Waals surface area (Å²) >= 11 is 7.18. The van der Waals surface area contributed by atoms with E-state index in [1.54, 1.807) is 19.2 Å². The minimum absolute atomic E-state index is 0.157. The van der Waals surface area contributed by atoms with Gasteiger partial charge in [0, 0.05) is 19.7 Å². The zero-order valence-corrected chi connectivity index (χ0v) is 11.4. The summed E-state index contributed by atoms with van der Waals surface area (Å²) in [7, 11) is 1.69. The Morgan fingerprint density at radius 1 is 1.59 bits per heavy atom. The van der Waals surface area contributed by atoms with Crippen LogP contribution in [0.15, 0.2) is 12.1 Å². The quantitative estimate of drug-likeness (QED) is 0.716. The van der Waals surface area contributed by atoms with Crippen molar-refractivity contribution >= 4 is 28.7 Å². The molecule has 1 heterocycles. The third kappa shape index (κ3) is 3.78. The number of halogens is 1. The average molecular weight is 274 g/mol. The summed E-state index contributed by atoms with van der Waals surface area (Å²) in [5.74, 6) is 0.157. The number of ketones is 1. The van der Waals surface area contributed by atoms with Gasteiger partial charge in [-0.2, -0.15) is 0 Å². The second-order valence-corrected chi connectivity index (χ2v) is 5.94. The molecule has 1 aromatic rings. The Hall–Kier alpha value is -0.420. The van der Waals surface area contributed by atoms with Crippen molar-refractivity contribution in [3.05, 3.63) is 21.3 Å². The van der Waals surface area contributed by atoms with Gasteiger partial charge in [-0.25, -0.2) is 0 Å². The minimum atomic E-state index is 0.157. The molecule has 2 rings (SSSR count). The number of rotatable bonds is 7. The first-order chi connectivity index (χ1) is 8.20. The molecule has 3 nitrogen and oxygen atoms in total. The van der Waals surface area contributed by atoms with Crippen LogP contribution < -0.4 is 0 Å². The van der Waals surface area contributed by atoms with Crippen LogP contribution in [-0.2, 0) is 4.74 Å². The summed E-state index contributed by atoms with van der Waals surface area (Å²) < 4.78 is 5.74. The van der Waals surface area contributed by atoms with Gasteiger partial charge in [0.25, 0.3) is 0 Å². The van der Waals surface area contributed by atoms with Crippen molar-refractivity contribution in [3.8, 4) is 0 Å². The molecule has 0 saturated heterocycles. The summed E-state index contributed by atoms with van der Waals surface area (Å²) in [6, 6.07) is 4.15. The van der Waals surface area contributed by atoms with E-state index >= 15 is 0 Å². The first-order valence-corrected chi connectivity index (χ1v) is 6.91. The van der Waals surface area contributed by atoms with Gasteiger partial charge in [-0.3, -0.25) is 9.69 Å². The molecule has 1 aliphatic carbocycles. The highest BCUT2D eigenvalue weighted by atomic mass is 35.5. The van der Waals surface area contributed by atoms with Crippen molar-refractivity contribution in [2.75, 3.05) is 26.8 Å². The number of methoxy groups -OCH3 is 1. The molecule has 1 aliphatic rings. The topological polar surface area (TPSA) is 29.5 Å². The molecule has 0 radical (unpaired) electrons. The summed E-state index contributed by atoms with van der Waals surface area (Å²) in [5, 5.41) is 0. The van der Waals surface area contributed by atoms with Crippen molar-refractivity contribution < 1.29 is 9.53 Å². The molecule has 0 bridgehead atoms. The maximum Gasteiger partial charge on any atom is 0.186 e. The Morgan fingerprint density at radius 2 is 2.35 bits per heavy atom. The van der Waals surface area contributed by atoms with Crippen LogP contribution in [0.5, 0.6) is 0 Å². The van der Waals surface area contributed by atoms with E-state index in [-0.39, 0.29) is 5.78 Å². The van der Waals surface area contributed by atoms with Crippen molar-refractivity contribution in [2.24, 2.45) is 0 Å². The van der Waals surface area contributed by atoms with Crippen LogP contribution in [0.4, 0.5) is 0 Å². The van der Waals surface area contributed by atoms with E-state index in [2.05, 4.69) is 4.90 Å². The summed E-state index contributed by atoms with van der Waals surface area (Å²) in [5.41, 5.74) is 0. The Morgan fingerprint density at radius 3 is 2.88 bits per heavy atom. The molecule has 0 N–H and O–H groups in total. The predicted octanol–water partition coefficient (Wildman–Crippen LogP) is 2.70. The second kappa shape index (κ2) is 5.96. The molecular weight excluding hydrogens is 258 g/mol. The highest BCUT2D eigenvalue weighted by molar-refractivity contribution is 7.18. The maximum absolute atomic E-state index is 12.0. The third-order valence-electron chi connectivity index (χ3n) is 2.84. The van der Waals surface area contributed by atoms with Crippen LogP contribution in [0.1, 0.15) is 22.5 Å². The van der Waals surface area contributed by atoms with Gasteiger partial charge in [0.1, 0.15) is 0 Å². The molecule has 1 aromatic heterocycles. The van der Waals surface area contributed by atoms with Crippen LogP contribution in [0.25, 0.3) is 0 Å². The Labute approximate surface area is 110 Å². The van der Waals surface area contributed by atoms with Gasteiger partial charge in [0.15, 0.2) is 5.78 Å². The molecule has 0 atom stereocenters. The molecule has 0 unspecified atom stereocenters. The second-order valence-electron chi connectivity index (χ2n) is 4.22. The standard InChI is InChI=1S/C12H16ClNO2S/c1-16-7-6-14(9-2-3-9)8-10(15)11-4-5-12(13)17-11/h4-5,9H,2-3,6-8H2,1H3. The lowest BCUT2D eigenvalue weighted by atomic mass is 10.3.